The van der Waals surface area contributed by atoms with E-state index in [0.717, 1.165) is 23.0 Å². The first kappa shape index (κ1) is 18.9. The minimum Gasteiger partial charge on any atom is -0.406 e. The number of benzene rings is 2. The Morgan fingerprint density at radius 1 is 1.10 bits per heavy atom. The SMILES string of the molecule is O=C1NCCN(C(=O)c2ccc3cc[nH]c3c2)C1c1ccc(OC(F)(F)F)cc1. The number of hydrogen-bond acceptors (Lipinski definition) is 3. The number of carbonyl (C=O) groups excluding carboxylic acids is 2. The number of carbonyl (C=O) groups is 2. The van der Waals surface area contributed by atoms with Crippen LogP contribution in [0.15, 0.2) is 54.7 Å². The molecule has 2 heterocycles. The molecule has 1 atom stereocenters. The molecular weight excluding hydrogens is 387 g/mol. The molecule has 0 spiro atoms. The molecule has 0 bridgehead atoms. The van der Waals surface area contributed by atoms with Gasteiger partial charge in [-0.05, 0) is 41.3 Å². The Balaban J connectivity index is 1.63. The van der Waals surface area contributed by atoms with Crippen molar-refractivity contribution in [3.8, 4) is 5.75 Å². The van der Waals surface area contributed by atoms with Crippen LogP contribution in [0.5, 0.6) is 5.75 Å². The fourth-order valence-electron chi connectivity index (χ4n) is 3.42. The van der Waals surface area contributed by atoms with Gasteiger partial charge in [0, 0.05) is 30.4 Å². The van der Waals surface area contributed by atoms with Crippen LogP contribution in [0.2, 0.25) is 0 Å². The van der Waals surface area contributed by atoms with Gasteiger partial charge in [0.05, 0.1) is 0 Å². The molecule has 2 N–H and O–H groups in total. The van der Waals surface area contributed by atoms with Crippen molar-refractivity contribution in [1.29, 1.82) is 0 Å². The summed E-state index contributed by atoms with van der Waals surface area (Å²) in [5.41, 5.74) is 1.60. The lowest BCUT2D eigenvalue weighted by molar-refractivity contribution is -0.274. The molecule has 3 aromatic rings. The number of aromatic nitrogens is 1. The minimum atomic E-state index is -4.80. The molecule has 1 aromatic heterocycles. The number of nitrogens with one attached hydrogen (secondary N) is 2. The average Bonchev–Trinajstić information content (AvgIpc) is 3.14. The maximum Gasteiger partial charge on any atom is 0.573 e. The highest BCUT2D eigenvalue weighted by molar-refractivity contribution is 6.01. The topological polar surface area (TPSA) is 74.4 Å². The van der Waals surface area contributed by atoms with Gasteiger partial charge in [0.25, 0.3) is 5.91 Å². The normalized spacial score (nSPS) is 17.3. The van der Waals surface area contributed by atoms with Crippen molar-refractivity contribution < 1.29 is 27.5 Å². The molecule has 2 aromatic carbocycles. The van der Waals surface area contributed by atoms with Gasteiger partial charge in [0.1, 0.15) is 11.8 Å². The smallest absolute Gasteiger partial charge is 0.406 e. The summed E-state index contributed by atoms with van der Waals surface area (Å²) in [7, 11) is 0. The fraction of sp³-hybridized carbons (Fsp3) is 0.200. The number of amides is 2. The van der Waals surface area contributed by atoms with Crippen LogP contribution in [0.25, 0.3) is 10.9 Å². The Morgan fingerprint density at radius 2 is 1.86 bits per heavy atom. The second kappa shape index (κ2) is 7.16. The van der Waals surface area contributed by atoms with Crippen LogP contribution in [0.1, 0.15) is 22.0 Å². The molecule has 9 heteroatoms. The summed E-state index contributed by atoms with van der Waals surface area (Å²) in [6, 6.07) is 11.1. The van der Waals surface area contributed by atoms with Crippen molar-refractivity contribution >= 4 is 22.7 Å². The fourth-order valence-corrected chi connectivity index (χ4v) is 3.42. The van der Waals surface area contributed by atoms with E-state index in [1.807, 2.05) is 6.07 Å². The average molecular weight is 403 g/mol. The van der Waals surface area contributed by atoms with Crippen LogP contribution >= 0.6 is 0 Å². The lowest BCUT2D eigenvalue weighted by Gasteiger charge is -2.35. The number of piperazine rings is 1. The van der Waals surface area contributed by atoms with Gasteiger partial charge in [-0.1, -0.05) is 18.2 Å². The summed E-state index contributed by atoms with van der Waals surface area (Å²) < 4.78 is 40.9. The van der Waals surface area contributed by atoms with Gasteiger partial charge in [-0.15, -0.1) is 13.2 Å². The highest BCUT2D eigenvalue weighted by Crippen LogP contribution is 2.29. The lowest BCUT2D eigenvalue weighted by Crippen LogP contribution is -2.52. The Hall–Kier alpha value is -3.49. The van der Waals surface area contributed by atoms with E-state index in [9.17, 15) is 22.8 Å². The maximum absolute atomic E-state index is 13.1. The van der Waals surface area contributed by atoms with Crippen LogP contribution in [0.4, 0.5) is 13.2 Å². The molecule has 29 heavy (non-hydrogen) atoms. The van der Waals surface area contributed by atoms with E-state index < -0.39 is 24.1 Å². The second-order valence-electron chi connectivity index (χ2n) is 6.59. The van der Waals surface area contributed by atoms with Crippen LogP contribution in [-0.2, 0) is 4.79 Å². The van der Waals surface area contributed by atoms with Crippen molar-refractivity contribution in [2.24, 2.45) is 0 Å². The van der Waals surface area contributed by atoms with Gasteiger partial charge in [-0.25, -0.2) is 0 Å². The molecule has 150 valence electrons. The first-order valence-corrected chi connectivity index (χ1v) is 8.83. The number of fused-ring (bicyclic) bond motifs is 1. The third-order valence-electron chi connectivity index (χ3n) is 4.70. The van der Waals surface area contributed by atoms with E-state index >= 15 is 0 Å². The molecule has 1 fully saturated rings. The summed E-state index contributed by atoms with van der Waals surface area (Å²) in [6.07, 6.45) is -3.04. The van der Waals surface area contributed by atoms with Crippen molar-refractivity contribution in [1.82, 2.24) is 15.2 Å². The molecule has 0 saturated carbocycles. The molecular formula is C20H16F3N3O3. The Kier molecular flexibility index (Phi) is 4.65. The predicted octanol–water partition coefficient (Wildman–Crippen LogP) is 3.38. The number of halogens is 3. The first-order chi connectivity index (χ1) is 13.8. The van der Waals surface area contributed by atoms with Crippen LogP contribution in [0.3, 0.4) is 0 Å². The monoisotopic (exact) mass is 403 g/mol. The number of ether oxygens (including phenoxy) is 1. The van der Waals surface area contributed by atoms with Gasteiger partial charge in [0.15, 0.2) is 0 Å². The van der Waals surface area contributed by atoms with Gasteiger partial charge >= 0.3 is 6.36 Å². The van der Waals surface area contributed by atoms with E-state index in [-0.39, 0.29) is 12.5 Å². The molecule has 1 aliphatic heterocycles. The molecule has 4 rings (SSSR count). The quantitative estimate of drug-likeness (QED) is 0.704. The van der Waals surface area contributed by atoms with Gasteiger partial charge in [0.2, 0.25) is 5.91 Å². The molecule has 0 radical (unpaired) electrons. The third kappa shape index (κ3) is 3.89. The lowest BCUT2D eigenvalue weighted by atomic mass is 10.0. The van der Waals surface area contributed by atoms with E-state index in [4.69, 9.17) is 0 Å². The minimum absolute atomic E-state index is 0.277. The molecule has 2 amide bonds. The largest absolute Gasteiger partial charge is 0.573 e. The zero-order valence-electron chi connectivity index (χ0n) is 15.0. The number of alkyl halides is 3. The zero-order valence-corrected chi connectivity index (χ0v) is 15.0. The summed E-state index contributed by atoms with van der Waals surface area (Å²) in [6.45, 7) is 0.569. The van der Waals surface area contributed by atoms with E-state index in [0.29, 0.717) is 17.7 Å². The molecule has 0 aliphatic carbocycles. The van der Waals surface area contributed by atoms with Gasteiger partial charge in [-0.2, -0.15) is 0 Å². The third-order valence-corrected chi connectivity index (χ3v) is 4.70. The highest BCUT2D eigenvalue weighted by atomic mass is 19.4. The van der Waals surface area contributed by atoms with Crippen LogP contribution < -0.4 is 10.1 Å². The summed E-state index contributed by atoms with van der Waals surface area (Å²) >= 11 is 0. The summed E-state index contributed by atoms with van der Waals surface area (Å²) in [5, 5.41) is 3.65. The number of nitrogens with zero attached hydrogens (tertiary/aromatic N) is 1. The predicted molar refractivity (Wildman–Crippen MR) is 98.2 cm³/mol. The Morgan fingerprint density at radius 3 is 2.59 bits per heavy atom. The van der Waals surface area contributed by atoms with E-state index in [1.54, 1.807) is 24.4 Å². The molecule has 1 unspecified atom stereocenters. The molecule has 1 aliphatic rings. The van der Waals surface area contributed by atoms with E-state index in [2.05, 4.69) is 15.0 Å². The maximum atomic E-state index is 13.1. The van der Waals surface area contributed by atoms with Crippen LogP contribution in [-0.4, -0.2) is 41.2 Å². The Labute approximate surface area is 163 Å². The van der Waals surface area contributed by atoms with E-state index in [1.165, 1.54) is 17.0 Å². The summed E-state index contributed by atoms with van der Waals surface area (Å²) in [5.74, 6) is -1.13. The number of H-pyrrole nitrogens is 1. The highest BCUT2D eigenvalue weighted by Gasteiger charge is 2.35. The standard InChI is InChI=1S/C20H16F3N3O3/c21-20(22,23)29-15-5-3-13(4-6-15)17-18(27)25-9-10-26(17)19(28)14-2-1-12-7-8-24-16(12)11-14/h1-8,11,17,24H,9-10H2,(H,25,27). The molecule has 6 nitrogen and oxygen atoms in total. The number of rotatable bonds is 3. The second-order valence-corrected chi connectivity index (χ2v) is 6.59. The van der Waals surface area contributed by atoms with Gasteiger partial charge in [-0.3, -0.25) is 9.59 Å². The van der Waals surface area contributed by atoms with Gasteiger partial charge < -0.3 is 19.9 Å². The molecule has 1 saturated heterocycles. The number of aromatic amines is 1. The first-order valence-electron chi connectivity index (χ1n) is 8.83. The van der Waals surface area contributed by atoms with Crippen molar-refractivity contribution in [2.75, 3.05) is 13.1 Å². The Bertz CT molecular complexity index is 1060. The van der Waals surface area contributed by atoms with Crippen LogP contribution in [0, 0.1) is 0 Å². The zero-order chi connectivity index (χ0) is 20.6. The van der Waals surface area contributed by atoms with Crippen molar-refractivity contribution in [3.63, 3.8) is 0 Å². The summed E-state index contributed by atoms with van der Waals surface area (Å²) in [4.78, 5) is 30.1. The van der Waals surface area contributed by atoms with Crippen molar-refractivity contribution in [2.45, 2.75) is 12.4 Å². The van der Waals surface area contributed by atoms with Crippen molar-refractivity contribution in [3.05, 3.63) is 65.9 Å². The number of hydrogen-bond donors (Lipinski definition) is 2.